The number of hydrogen-bond donors (Lipinski definition) is 1. The van der Waals surface area contributed by atoms with Crippen LogP contribution in [0.4, 0.5) is 5.69 Å². The molecule has 1 heterocycles. The van der Waals surface area contributed by atoms with Gasteiger partial charge in [-0.25, -0.2) is 0 Å². The fourth-order valence-corrected chi connectivity index (χ4v) is 3.44. The fraction of sp³-hybridized carbons (Fsp3) is 0.188. The Kier molecular flexibility index (Phi) is 3.91. The Morgan fingerprint density at radius 2 is 2.10 bits per heavy atom. The van der Waals surface area contributed by atoms with E-state index in [1.54, 1.807) is 0 Å². The van der Waals surface area contributed by atoms with E-state index in [1.165, 1.54) is 0 Å². The number of fused-ring (bicyclic) bond motifs is 1. The molecule has 2 aromatic rings. The summed E-state index contributed by atoms with van der Waals surface area (Å²) in [6.07, 6.45) is 0. The maximum Gasteiger partial charge on any atom is 0.312 e. The highest BCUT2D eigenvalue weighted by atomic mass is 79.9. The number of carboxylic acid groups (broad SMARTS) is 1. The average Bonchev–Trinajstić information content (AvgIpc) is 2.81. The van der Waals surface area contributed by atoms with Gasteiger partial charge >= 0.3 is 5.97 Å². The minimum Gasteiger partial charge on any atom is -0.481 e. The van der Waals surface area contributed by atoms with Gasteiger partial charge in [0.1, 0.15) is 5.92 Å². The van der Waals surface area contributed by atoms with Crippen LogP contribution >= 0.6 is 27.5 Å². The van der Waals surface area contributed by atoms with Crippen molar-refractivity contribution in [3.8, 4) is 0 Å². The van der Waals surface area contributed by atoms with Gasteiger partial charge in [-0.1, -0.05) is 51.8 Å². The summed E-state index contributed by atoms with van der Waals surface area (Å²) in [6, 6.07) is 13.4. The monoisotopic (exact) mass is 365 g/mol. The van der Waals surface area contributed by atoms with Crippen LogP contribution in [0.25, 0.3) is 0 Å². The Hall–Kier alpha value is -1.52. The first-order chi connectivity index (χ1) is 10.1. The van der Waals surface area contributed by atoms with Gasteiger partial charge in [-0.05, 0) is 29.3 Å². The molecule has 0 amide bonds. The summed E-state index contributed by atoms with van der Waals surface area (Å²) < 4.78 is 0.932. The second kappa shape index (κ2) is 5.70. The molecule has 0 aromatic heterocycles. The van der Waals surface area contributed by atoms with Crippen LogP contribution in [-0.4, -0.2) is 17.6 Å². The normalized spacial score (nSPS) is 16.9. The molecular formula is C16H13BrClNO2. The van der Waals surface area contributed by atoms with Crippen molar-refractivity contribution in [1.29, 1.82) is 0 Å². The summed E-state index contributed by atoms with van der Waals surface area (Å²) in [5.74, 6) is -1.26. The van der Waals surface area contributed by atoms with Crippen molar-refractivity contribution in [2.24, 2.45) is 0 Å². The SMILES string of the molecule is O=C(O)C1CN(Cc2ccc(Br)cc2Cl)c2ccccc21. The third-order valence-electron chi connectivity index (χ3n) is 3.73. The molecule has 108 valence electrons. The zero-order valence-corrected chi connectivity index (χ0v) is 13.4. The Bertz CT molecular complexity index is 704. The molecule has 1 atom stereocenters. The lowest BCUT2D eigenvalue weighted by Crippen LogP contribution is -2.24. The summed E-state index contributed by atoms with van der Waals surface area (Å²) in [5.41, 5.74) is 2.84. The molecule has 1 N–H and O–H groups in total. The molecule has 1 unspecified atom stereocenters. The Morgan fingerprint density at radius 3 is 2.81 bits per heavy atom. The van der Waals surface area contributed by atoms with Crippen molar-refractivity contribution in [2.45, 2.75) is 12.5 Å². The van der Waals surface area contributed by atoms with Crippen LogP contribution in [0.1, 0.15) is 17.0 Å². The number of para-hydroxylation sites is 1. The van der Waals surface area contributed by atoms with Crippen LogP contribution in [-0.2, 0) is 11.3 Å². The highest BCUT2D eigenvalue weighted by Crippen LogP contribution is 2.37. The molecule has 0 saturated carbocycles. The predicted octanol–water partition coefficient (Wildman–Crippen LogP) is 4.29. The lowest BCUT2D eigenvalue weighted by atomic mass is 10.0. The lowest BCUT2D eigenvalue weighted by molar-refractivity contribution is -0.138. The highest BCUT2D eigenvalue weighted by molar-refractivity contribution is 9.10. The molecule has 2 aromatic carbocycles. The zero-order valence-electron chi connectivity index (χ0n) is 11.1. The minimum absolute atomic E-state index is 0.473. The van der Waals surface area contributed by atoms with Crippen LogP contribution in [0, 0.1) is 0 Å². The Balaban J connectivity index is 1.92. The summed E-state index contributed by atoms with van der Waals surface area (Å²) in [7, 11) is 0. The number of carboxylic acids is 1. The number of hydrogen-bond acceptors (Lipinski definition) is 2. The standard InChI is InChI=1S/C16H13BrClNO2/c17-11-6-5-10(14(18)7-11)8-19-9-13(16(20)21)12-3-1-2-4-15(12)19/h1-7,13H,8-9H2,(H,20,21). The van der Waals surface area contributed by atoms with Gasteiger partial charge in [-0.15, -0.1) is 0 Å². The molecule has 0 radical (unpaired) electrons. The van der Waals surface area contributed by atoms with Crippen molar-refractivity contribution in [2.75, 3.05) is 11.4 Å². The van der Waals surface area contributed by atoms with Gasteiger partial charge in [-0.3, -0.25) is 4.79 Å². The fourth-order valence-electron chi connectivity index (χ4n) is 2.70. The smallest absolute Gasteiger partial charge is 0.312 e. The molecule has 5 heteroatoms. The van der Waals surface area contributed by atoms with Crippen molar-refractivity contribution in [1.82, 2.24) is 0 Å². The summed E-state index contributed by atoms with van der Waals surface area (Å²) in [5, 5.41) is 10.1. The molecule has 0 aliphatic carbocycles. The van der Waals surface area contributed by atoms with E-state index in [-0.39, 0.29) is 0 Å². The topological polar surface area (TPSA) is 40.5 Å². The Morgan fingerprint density at radius 1 is 1.33 bits per heavy atom. The zero-order chi connectivity index (χ0) is 15.0. The summed E-state index contributed by atoms with van der Waals surface area (Å²) in [6.45, 7) is 1.08. The van der Waals surface area contributed by atoms with Gasteiger partial charge < -0.3 is 10.0 Å². The van der Waals surface area contributed by atoms with Crippen molar-refractivity contribution >= 4 is 39.2 Å². The van der Waals surface area contributed by atoms with Crippen LogP contribution < -0.4 is 4.90 Å². The van der Waals surface area contributed by atoms with Gasteiger partial charge in [0.2, 0.25) is 0 Å². The largest absolute Gasteiger partial charge is 0.481 e. The average molecular weight is 367 g/mol. The van der Waals surface area contributed by atoms with Crippen molar-refractivity contribution in [3.63, 3.8) is 0 Å². The summed E-state index contributed by atoms with van der Waals surface area (Å²) in [4.78, 5) is 13.5. The quantitative estimate of drug-likeness (QED) is 0.881. The molecular weight excluding hydrogens is 354 g/mol. The van der Waals surface area contributed by atoms with Gasteiger partial charge in [0.15, 0.2) is 0 Å². The molecule has 3 nitrogen and oxygen atoms in total. The molecule has 1 aliphatic rings. The molecule has 1 aliphatic heterocycles. The van der Waals surface area contributed by atoms with Gasteiger partial charge in [0.25, 0.3) is 0 Å². The highest BCUT2D eigenvalue weighted by Gasteiger charge is 2.33. The predicted molar refractivity (Wildman–Crippen MR) is 87.0 cm³/mol. The minimum atomic E-state index is -0.785. The van der Waals surface area contributed by atoms with E-state index < -0.39 is 11.9 Å². The first kappa shape index (κ1) is 14.4. The van der Waals surface area contributed by atoms with E-state index in [4.69, 9.17) is 11.6 Å². The molecule has 0 saturated heterocycles. The second-order valence-corrected chi connectivity index (χ2v) is 6.39. The number of benzene rings is 2. The maximum atomic E-state index is 11.4. The third kappa shape index (κ3) is 2.78. The van der Waals surface area contributed by atoms with Crippen LogP contribution in [0.5, 0.6) is 0 Å². The number of nitrogens with zero attached hydrogens (tertiary/aromatic N) is 1. The van der Waals surface area contributed by atoms with Gasteiger partial charge in [-0.2, -0.15) is 0 Å². The number of anilines is 1. The van der Waals surface area contributed by atoms with E-state index in [1.807, 2.05) is 42.5 Å². The van der Waals surface area contributed by atoms with Crippen LogP contribution in [0.15, 0.2) is 46.9 Å². The number of halogens is 2. The molecule has 0 fully saturated rings. The molecule has 0 spiro atoms. The first-order valence-electron chi connectivity index (χ1n) is 6.57. The van der Waals surface area contributed by atoms with E-state index in [0.717, 1.165) is 21.3 Å². The van der Waals surface area contributed by atoms with E-state index in [0.29, 0.717) is 18.1 Å². The maximum absolute atomic E-state index is 11.4. The number of rotatable bonds is 3. The summed E-state index contributed by atoms with van der Waals surface area (Å²) >= 11 is 9.65. The van der Waals surface area contributed by atoms with Crippen LogP contribution in [0.3, 0.4) is 0 Å². The first-order valence-corrected chi connectivity index (χ1v) is 7.74. The second-order valence-electron chi connectivity index (χ2n) is 5.07. The van der Waals surface area contributed by atoms with Crippen molar-refractivity contribution in [3.05, 3.63) is 63.1 Å². The van der Waals surface area contributed by atoms with Gasteiger partial charge in [0, 0.05) is 28.3 Å². The molecule has 0 bridgehead atoms. The van der Waals surface area contributed by atoms with E-state index in [2.05, 4.69) is 20.8 Å². The van der Waals surface area contributed by atoms with Gasteiger partial charge in [0.05, 0.1) is 0 Å². The van der Waals surface area contributed by atoms with Crippen molar-refractivity contribution < 1.29 is 9.90 Å². The molecule has 21 heavy (non-hydrogen) atoms. The van der Waals surface area contributed by atoms with E-state index in [9.17, 15) is 9.90 Å². The Labute approximate surface area is 136 Å². The third-order valence-corrected chi connectivity index (χ3v) is 4.58. The lowest BCUT2D eigenvalue weighted by Gasteiger charge is -2.20. The van der Waals surface area contributed by atoms with E-state index >= 15 is 0 Å². The molecule has 3 rings (SSSR count). The van der Waals surface area contributed by atoms with Crippen LogP contribution in [0.2, 0.25) is 5.02 Å². The number of aliphatic carboxylic acids is 1. The number of carbonyl (C=O) groups is 1.